The first kappa shape index (κ1) is 14.4. The highest BCUT2D eigenvalue weighted by molar-refractivity contribution is 5.94. The minimum Gasteiger partial charge on any atom is -0.478 e. The lowest BCUT2D eigenvalue weighted by molar-refractivity contribution is 0.0697. The zero-order valence-electron chi connectivity index (χ0n) is 11.1. The van der Waals surface area contributed by atoms with E-state index in [4.69, 9.17) is 4.74 Å². The molecule has 0 aliphatic rings. The Balaban J connectivity index is 2.99. The molecule has 0 aliphatic carbocycles. The van der Waals surface area contributed by atoms with Gasteiger partial charge in [0.2, 0.25) is 0 Å². The molecule has 0 bridgehead atoms. The van der Waals surface area contributed by atoms with Crippen molar-refractivity contribution in [3.8, 4) is 0 Å². The summed E-state index contributed by atoms with van der Waals surface area (Å²) in [5.41, 5.74) is 0.928. The van der Waals surface area contributed by atoms with E-state index in [0.29, 0.717) is 24.8 Å². The number of ether oxygens (including phenoxy) is 1. The monoisotopic (exact) mass is 252 g/mol. The van der Waals surface area contributed by atoms with Crippen LogP contribution in [0.1, 0.15) is 24.2 Å². The molecule has 0 radical (unpaired) electrons. The third-order valence-electron chi connectivity index (χ3n) is 2.52. The number of hydrogen-bond donors (Lipinski definition) is 1. The van der Waals surface area contributed by atoms with Crippen LogP contribution >= 0.6 is 0 Å². The highest BCUT2D eigenvalue weighted by Gasteiger charge is 2.16. The Hall–Kier alpha value is -1.62. The van der Waals surface area contributed by atoms with Gasteiger partial charge in [-0.05, 0) is 12.0 Å². The highest BCUT2D eigenvalue weighted by atomic mass is 16.5. The molecule has 0 saturated carbocycles. The van der Waals surface area contributed by atoms with Crippen molar-refractivity contribution in [3.63, 3.8) is 0 Å². The molecule has 1 rings (SSSR count). The fraction of sp³-hybridized carbons (Fsp3) is 0.538. The van der Waals surface area contributed by atoms with Gasteiger partial charge in [0.05, 0.1) is 24.1 Å². The van der Waals surface area contributed by atoms with Crippen LogP contribution in [0.4, 0.5) is 5.69 Å². The largest absolute Gasteiger partial charge is 0.478 e. The van der Waals surface area contributed by atoms with Crippen LogP contribution in [-0.4, -0.2) is 42.9 Å². The van der Waals surface area contributed by atoms with E-state index in [1.54, 1.807) is 13.3 Å². The molecule has 1 N–H and O–H groups in total. The molecule has 0 spiro atoms. The van der Waals surface area contributed by atoms with Crippen molar-refractivity contribution >= 4 is 11.7 Å². The summed E-state index contributed by atoms with van der Waals surface area (Å²) >= 11 is 0. The predicted octanol–water partition coefficient (Wildman–Crippen LogP) is 1.89. The van der Waals surface area contributed by atoms with Crippen LogP contribution in [0, 0.1) is 5.92 Å². The molecular formula is C13H20N2O3. The van der Waals surface area contributed by atoms with Gasteiger partial charge >= 0.3 is 5.97 Å². The molecule has 100 valence electrons. The molecule has 5 heteroatoms. The first-order chi connectivity index (χ1) is 8.56. The summed E-state index contributed by atoms with van der Waals surface area (Å²) in [7, 11) is 1.63. The average Bonchev–Trinajstić information content (AvgIpc) is 2.34. The summed E-state index contributed by atoms with van der Waals surface area (Å²) in [4.78, 5) is 17.2. The van der Waals surface area contributed by atoms with Crippen LogP contribution in [0.2, 0.25) is 0 Å². The predicted molar refractivity (Wildman–Crippen MR) is 70.1 cm³/mol. The normalized spacial score (nSPS) is 10.7. The number of pyridine rings is 1. The summed E-state index contributed by atoms with van der Waals surface area (Å²) < 4.78 is 5.07. The maximum Gasteiger partial charge on any atom is 0.337 e. The van der Waals surface area contributed by atoms with Gasteiger partial charge < -0.3 is 14.7 Å². The van der Waals surface area contributed by atoms with Crippen molar-refractivity contribution in [1.82, 2.24) is 4.98 Å². The van der Waals surface area contributed by atoms with Gasteiger partial charge in [-0.1, -0.05) is 13.8 Å². The Bertz CT molecular complexity index is 394. The summed E-state index contributed by atoms with van der Waals surface area (Å²) in [6, 6.07) is 1.53. The van der Waals surface area contributed by atoms with Gasteiger partial charge in [0.15, 0.2) is 0 Å². The molecule has 0 saturated heterocycles. The van der Waals surface area contributed by atoms with Crippen LogP contribution in [0.25, 0.3) is 0 Å². The second kappa shape index (κ2) is 6.96. The quantitative estimate of drug-likeness (QED) is 0.803. The molecular weight excluding hydrogens is 232 g/mol. The van der Waals surface area contributed by atoms with Crippen LogP contribution < -0.4 is 4.90 Å². The average molecular weight is 252 g/mol. The number of nitrogens with zero attached hydrogens (tertiary/aromatic N) is 2. The van der Waals surface area contributed by atoms with E-state index in [1.165, 1.54) is 12.3 Å². The van der Waals surface area contributed by atoms with E-state index in [9.17, 15) is 9.90 Å². The van der Waals surface area contributed by atoms with Gasteiger partial charge in [-0.2, -0.15) is 0 Å². The van der Waals surface area contributed by atoms with Crippen LogP contribution in [0.3, 0.4) is 0 Å². The molecule has 1 heterocycles. The van der Waals surface area contributed by atoms with E-state index in [2.05, 4.69) is 18.8 Å². The first-order valence-corrected chi connectivity index (χ1v) is 5.97. The fourth-order valence-corrected chi connectivity index (χ4v) is 1.77. The number of hydrogen-bond acceptors (Lipinski definition) is 4. The molecule has 1 aromatic rings. The number of methoxy groups -OCH3 is 1. The summed E-state index contributed by atoms with van der Waals surface area (Å²) in [6.45, 7) is 6.17. The zero-order chi connectivity index (χ0) is 13.5. The van der Waals surface area contributed by atoms with Crippen molar-refractivity contribution in [3.05, 3.63) is 24.0 Å². The number of rotatable bonds is 7. The van der Waals surface area contributed by atoms with E-state index in [1.807, 2.05) is 4.90 Å². The third kappa shape index (κ3) is 4.00. The second-order valence-corrected chi connectivity index (χ2v) is 4.53. The van der Waals surface area contributed by atoms with Gasteiger partial charge in [0, 0.05) is 26.4 Å². The van der Waals surface area contributed by atoms with E-state index in [0.717, 1.165) is 6.54 Å². The molecule has 1 aromatic heterocycles. The lowest BCUT2D eigenvalue weighted by atomic mass is 10.1. The SMILES string of the molecule is COCCN(CC(C)C)c1cnccc1C(=O)O. The second-order valence-electron chi connectivity index (χ2n) is 4.53. The molecule has 0 aromatic carbocycles. The molecule has 0 fully saturated rings. The standard InChI is InChI=1S/C13H20N2O3/c1-10(2)9-15(6-7-18-3)12-8-14-5-4-11(12)13(16)17/h4-5,8,10H,6-7,9H2,1-3H3,(H,16,17). The molecule has 0 aliphatic heterocycles. The van der Waals surface area contributed by atoms with Crippen molar-refractivity contribution in [1.29, 1.82) is 0 Å². The van der Waals surface area contributed by atoms with Crippen LogP contribution in [0.15, 0.2) is 18.5 Å². The fourth-order valence-electron chi connectivity index (χ4n) is 1.77. The van der Waals surface area contributed by atoms with Crippen molar-refractivity contribution < 1.29 is 14.6 Å². The number of anilines is 1. The smallest absolute Gasteiger partial charge is 0.337 e. The van der Waals surface area contributed by atoms with E-state index >= 15 is 0 Å². The Morgan fingerprint density at radius 1 is 1.56 bits per heavy atom. The van der Waals surface area contributed by atoms with Crippen molar-refractivity contribution in [2.24, 2.45) is 5.92 Å². The van der Waals surface area contributed by atoms with Gasteiger partial charge in [-0.3, -0.25) is 4.98 Å². The van der Waals surface area contributed by atoms with Crippen molar-refractivity contribution in [2.75, 3.05) is 31.7 Å². The summed E-state index contributed by atoms with van der Waals surface area (Å²) in [5, 5.41) is 9.19. The zero-order valence-corrected chi connectivity index (χ0v) is 11.1. The van der Waals surface area contributed by atoms with Gasteiger partial charge in [0.25, 0.3) is 0 Å². The van der Waals surface area contributed by atoms with Crippen LogP contribution in [0.5, 0.6) is 0 Å². The number of carboxylic acid groups (broad SMARTS) is 1. The molecule has 0 atom stereocenters. The topological polar surface area (TPSA) is 62.7 Å². The van der Waals surface area contributed by atoms with E-state index < -0.39 is 5.97 Å². The van der Waals surface area contributed by atoms with Crippen LogP contribution in [-0.2, 0) is 4.74 Å². The minimum absolute atomic E-state index is 0.279. The Labute approximate surface area is 107 Å². The lowest BCUT2D eigenvalue weighted by Gasteiger charge is -2.27. The molecule has 18 heavy (non-hydrogen) atoms. The van der Waals surface area contributed by atoms with Gasteiger partial charge in [-0.15, -0.1) is 0 Å². The Morgan fingerprint density at radius 3 is 2.83 bits per heavy atom. The summed E-state index contributed by atoms with van der Waals surface area (Å²) in [6.07, 6.45) is 3.10. The molecule has 5 nitrogen and oxygen atoms in total. The van der Waals surface area contributed by atoms with Crippen molar-refractivity contribution in [2.45, 2.75) is 13.8 Å². The van der Waals surface area contributed by atoms with E-state index in [-0.39, 0.29) is 5.56 Å². The lowest BCUT2D eigenvalue weighted by Crippen LogP contribution is -2.32. The number of carbonyl (C=O) groups is 1. The maximum atomic E-state index is 11.2. The minimum atomic E-state index is -0.932. The summed E-state index contributed by atoms with van der Waals surface area (Å²) in [5.74, 6) is -0.498. The molecule has 0 amide bonds. The first-order valence-electron chi connectivity index (χ1n) is 5.97. The number of aromatic carboxylic acids is 1. The Kier molecular flexibility index (Phi) is 5.58. The van der Waals surface area contributed by atoms with Gasteiger partial charge in [-0.25, -0.2) is 4.79 Å². The Morgan fingerprint density at radius 2 is 2.28 bits per heavy atom. The number of aromatic nitrogens is 1. The van der Waals surface area contributed by atoms with Gasteiger partial charge in [0.1, 0.15) is 0 Å². The third-order valence-corrected chi connectivity index (χ3v) is 2.52. The number of carboxylic acids is 1. The molecule has 0 unspecified atom stereocenters. The highest BCUT2D eigenvalue weighted by Crippen LogP contribution is 2.20. The maximum absolute atomic E-state index is 11.2.